The average molecular weight is 344 g/mol. The summed E-state index contributed by atoms with van der Waals surface area (Å²) in [5.74, 6) is 0.0267. The summed E-state index contributed by atoms with van der Waals surface area (Å²) < 4.78 is 0.975. The van der Waals surface area contributed by atoms with Gasteiger partial charge in [-0.1, -0.05) is 40.2 Å². The van der Waals surface area contributed by atoms with Crippen molar-refractivity contribution < 1.29 is 9.59 Å². The quantitative estimate of drug-likeness (QED) is 0.780. The van der Waals surface area contributed by atoms with E-state index in [0.29, 0.717) is 17.7 Å². The number of halogens is 1. The van der Waals surface area contributed by atoms with Gasteiger partial charge in [-0.25, -0.2) is 0 Å². The van der Waals surface area contributed by atoms with Gasteiger partial charge in [-0.3, -0.25) is 9.59 Å². The van der Waals surface area contributed by atoms with Gasteiger partial charge in [0.15, 0.2) is 5.78 Å². The third kappa shape index (κ3) is 2.51. The van der Waals surface area contributed by atoms with Crippen molar-refractivity contribution in [1.82, 2.24) is 0 Å². The van der Waals surface area contributed by atoms with Crippen LogP contribution in [0.4, 0.5) is 5.69 Å². The zero-order valence-corrected chi connectivity index (χ0v) is 13.1. The fraction of sp³-hybridized carbons (Fsp3) is 0.176. The maximum absolute atomic E-state index is 12.4. The van der Waals surface area contributed by atoms with Crippen molar-refractivity contribution in [1.29, 1.82) is 0 Å². The van der Waals surface area contributed by atoms with Crippen LogP contribution < -0.4 is 4.90 Å². The molecule has 0 saturated carbocycles. The number of rotatable bonds is 1. The van der Waals surface area contributed by atoms with Gasteiger partial charge in [0, 0.05) is 23.4 Å². The van der Waals surface area contributed by atoms with Gasteiger partial charge in [-0.15, -0.1) is 0 Å². The molecule has 4 heteroatoms. The maximum atomic E-state index is 12.4. The molecule has 0 spiro atoms. The number of fused-ring (bicyclic) bond motifs is 1. The highest BCUT2D eigenvalue weighted by Gasteiger charge is 2.34. The summed E-state index contributed by atoms with van der Waals surface area (Å²) >= 11 is 3.40. The van der Waals surface area contributed by atoms with E-state index in [2.05, 4.69) is 15.9 Å². The molecular weight excluding hydrogens is 330 g/mol. The van der Waals surface area contributed by atoms with E-state index in [-0.39, 0.29) is 17.7 Å². The molecule has 0 saturated heterocycles. The molecule has 0 bridgehead atoms. The summed E-state index contributed by atoms with van der Waals surface area (Å²) in [5, 5.41) is 0. The molecule has 0 fully saturated rings. The number of carbonyl (C=O) groups excluding carboxylic acids is 2. The van der Waals surface area contributed by atoms with E-state index in [1.54, 1.807) is 17.9 Å². The minimum absolute atomic E-state index is 0.0529. The van der Waals surface area contributed by atoms with Crippen molar-refractivity contribution in [2.75, 3.05) is 4.90 Å². The fourth-order valence-corrected chi connectivity index (χ4v) is 3.07. The Labute approximate surface area is 131 Å². The highest BCUT2D eigenvalue weighted by molar-refractivity contribution is 9.10. The topological polar surface area (TPSA) is 37.4 Å². The summed E-state index contributed by atoms with van der Waals surface area (Å²) in [7, 11) is 0. The Morgan fingerprint density at radius 2 is 1.81 bits per heavy atom. The smallest absolute Gasteiger partial charge is 0.224 e. The van der Waals surface area contributed by atoms with Crippen LogP contribution in [-0.2, 0) is 4.79 Å². The number of para-hydroxylation sites is 1. The Hall–Kier alpha value is -1.94. The molecule has 1 aliphatic heterocycles. The molecule has 1 heterocycles. The maximum Gasteiger partial charge on any atom is 0.224 e. The molecule has 2 aromatic carbocycles. The lowest BCUT2D eigenvalue weighted by atomic mass is 9.90. The van der Waals surface area contributed by atoms with Gasteiger partial charge in [0.25, 0.3) is 0 Å². The Morgan fingerprint density at radius 3 is 2.48 bits per heavy atom. The van der Waals surface area contributed by atoms with E-state index < -0.39 is 0 Å². The summed E-state index contributed by atoms with van der Waals surface area (Å²) in [6, 6.07) is 14.8. The van der Waals surface area contributed by atoms with Gasteiger partial charge in [0.2, 0.25) is 5.91 Å². The van der Waals surface area contributed by atoms with E-state index in [9.17, 15) is 9.59 Å². The Bertz CT molecular complexity index is 709. The Balaban J connectivity index is 2.11. The minimum Gasteiger partial charge on any atom is -0.304 e. The number of benzene rings is 2. The lowest BCUT2D eigenvalue weighted by Crippen LogP contribution is -2.38. The molecule has 0 N–H and O–H groups in total. The van der Waals surface area contributed by atoms with Crippen LogP contribution in [0.2, 0.25) is 0 Å². The number of amides is 1. The molecule has 106 valence electrons. The average Bonchev–Trinajstić information content (AvgIpc) is 2.47. The SMILES string of the molecule is CC(=O)N1c2ccccc2C(=O)CC1c1ccc(Br)cc1. The first-order valence-electron chi connectivity index (χ1n) is 6.75. The zero-order chi connectivity index (χ0) is 15.0. The normalized spacial score (nSPS) is 17.5. The molecule has 3 nitrogen and oxygen atoms in total. The highest BCUT2D eigenvalue weighted by atomic mass is 79.9. The molecule has 0 radical (unpaired) electrons. The second kappa shape index (κ2) is 5.45. The van der Waals surface area contributed by atoms with Gasteiger partial charge in [-0.05, 0) is 29.8 Å². The minimum atomic E-state index is -0.238. The van der Waals surface area contributed by atoms with E-state index in [0.717, 1.165) is 10.0 Å². The molecule has 0 aromatic heterocycles. The van der Waals surface area contributed by atoms with Crippen LogP contribution in [0.5, 0.6) is 0 Å². The number of nitrogens with zero attached hydrogens (tertiary/aromatic N) is 1. The van der Waals surface area contributed by atoms with Gasteiger partial charge < -0.3 is 4.90 Å². The van der Waals surface area contributed by atoms with Gasteiger partial charge in [-0.2, -0.15) is 0 Å². The van der Waals surface area contributed by atoms with E-state index in [1.165, 1.54) is 0 Å². The summed E-state index contributed by atoms with van der Waals surface area (Å²) in [6.45, 7) is 1.54. The molecule has 0 aliphatic carbocycles. The molecule has 1 aliphatic rings. The predicted octanol–water partition coefficient (Wildman–Crippen LogP) is 4.13. The highest BCUT2D eigenvalue weighted by Crippen LogP contribution is 2.38. The first kappa shape index (κ1) is 14.0. The second-order valence-electron chi connectivity index (χ2n) is 5.10. The molecule has 21 heavy (non-hydrogen) atoms. The van der Waals surface area contributed by atoms with Crippen LogP contribution in [-0.4, -0.2) is 11.7 Å². The van der Waals surface area contributed by atoms with Crippen molar-refractivity contribution in [3.8, 4) is 0 Å². The predicted molar refractivity (Wildman–Crippen MR) is 85.4 cm³/mol. The van der Waals surface area contributed by atoms with E-state index in [1.807, 2.05) is 42.5 Å². The first-order valence-corrected chi connectivity index (χ1v) is 7.54. The van der Waals surface area contributed by atoms with Crippen LogP contribution in [0.1, 0.15) is 35.3 Å². The lowest BCUT2D eigenvalue weighted by Gasteiger charge is -2.36. The second-order valence-corrected chi connectivity index (χ2v) is 6.02. The largest absolute Gasteiger partial charge is 0.304 e. The van der Waals surface area contributed by atoms with Gasteiger partial charge in [0.1, 0.15) is 0 Å². The van der Waals surface area contributed by atoms with Crippen molar-refractivity contribution in [2.24, 2.45) is 0 Å². The van der Waals surface area contributed by atoms with E-state index >= 15 is 0 Å². The number of anilines is 1. The standard InChI is InChI=1S/C17H14BrNO2/c1-11(20)19-15-5-3-2-4-14(15)17(21)10-16(19)12-6-8-13(18)9-7-12/h2-9,16H,10H2,1H3. The Morgan fingerprint density at radius 1 is 1.14 bits per heavy atom. The van der Waals surface area contributed by atoms with Crippen LogP contribution >= 0.6 is 15.9 Å². The van der Waals surface area contributed by atoms with Gasteiger partial charge >= 0.3 is 0 Å². The number of hydrogen-bond acceptors (Lipinski definition) is 2. The lowest BCUT2D eigenvalue weighted by molar-refractivity contribution is -0.117. The molecular formula is C17H14BrNO2. The molecule has 1 unspecified atom stereocenters. The van der Waals surface area contributed by atoms with E-state index in [4.69, 9.17) is 0 Å². The number of hydrogen-bond donors (Lipinski definition) is 0. The van der Waals surface area contributed by atoms with Gasteiger partial charge in [0.05, 0.1) is 11.7 Å². The fourth-order valence-electron chi connectivity index (χ4n) is 2.81. The monoisotopic (exact) mass is 343 g/mol. The molecule has 1 atom stereocenters. The summed E-state index contributed by atoms with van der Waals surface area (Å²) in [6.07, 6.45) is 0.318. The van der Waals surface area contributed by atoms with Crippen molar-refractivity contribution in [2.45, 2.75) is 19.4 Å². The Kier molecular flexibility index (Phi) is 3.64. The third-order valence-electron chi connectivity index (χ3n) is 3.75. The summed E-state index contributed by atoms with van der Waals surface area (Å²) in [4.78, 5) is 26.2. The molecule has 3 rings (SSSR count). The number of carbonyl (C=O) groups is 2. The van der Waals surface area contributed by atoms with Crippen LogP contribution in [0.15, 0.2) is 53.0 Å². The van der Waals surface area contributed by atoms with Crippen LogP contribution in [0.25, 0.3) is 0 Å². The van der Waals surface area contributed by atoms with Crippen molar-refractivity contribution >= 4 is 33.3 Å². The molecule has 2 aromatic rings. The summed E-state index contributed by atoms with van der Waals surface area (Å²) in [5.41, 5.74) is 2.30. The van der Waals surface area contributed by atoms with Crippen molar-refractivity contribution in [3.05, 3.63) is 64.1 Å². The number of ketones is 1. The third-order valence-corrected chi connectivity index (χ3v) is 4.28. The van der Waals surface area contributed by atoms with Crippen LogP contribution in [0.3, 0.4) is 0 Å². The van der Waals surface area contributed by atoms with Crippen LogP contribution in [0, 0.1) is 0 Å². The van der Waals surface area contributed by atoms with Crippen molar-refractivity contribution in [3.63, 3.8) is 0 Å². The molecule has 1 amide bonds. The zero-order valence-electron chi connectivity index (χ0n) is 11.5. The number of Topliss-reactive ketones (excluding diaryl/α,β-unsaturated/α-hetero) is 1. The first-order chi connectivity index (χ1) is 10.1.